The minimum atomic E-state index is -0.965. The lowest BCUT2D eigenvalue weighted by Gasteiger charge is -2.42. The van der Waals surface area contributed by atoms with E-state index in [1.807, 2.05) is 13.8 Å². The lowest BCUT2D eigenvalue weighted by molar-refractivity contribution is -0.186. The number of esters is 2. The zero-order chi connectivity index (χ0) is 31.7. The van der Waals surface area contributed by atoms with Crippen LogP contribution in [0.25, 0.3) is 0 Å². The Bertz CT molecular complexity index is 1140. The lowest BCUT2D eigenvalue weighted by atomic mass is 9.97. The first-order valence-corrected chi connectivity index (χ1v) is 14.9. The minimum Gasteiger partial charge on any atom is -0.482 e. The van der Waals surface area contributed by atoms with Crippen molar-refractivity contribution in [3.63, 3.8) is 0 Å². The molecule has 0 radical (unpaired) electrons. The summed E-state index contributed by atoms with van der Waals surface area (Å²) in [7, 11) is 0. The number of hydrogen-bond donors (Lipinski definition) is 0. The third-order valence-corrected chi connectivity index (χ3v) is 7.36. The second-order valence-electron chi connectivity index (χ2n) is 12.2. The van der Waals surface area contributed by atoms with Gasteiger partial charge in [-0.2, -0.15) is 0 Å². The third-order valence-electron chi connectivity index (χ3n) is 7.36. The summed E-state index contributed by atoms with van der Waals surface area (Å²) >= 11 is 0. The molecule has 12 nitrogen and oxygen atoms in total. The Balaban J connectivity index is 1.43. The van der Waals surface area contributed by atoms with Gasteiger partial charge >= 0.3 is 18.0 Å². The van der Waals surface area contributed by atoms with Gasteiger partial charge in [-0.25, -0.2) is 9.59 Å². The Morgan fingerprint density at radius 3 is 2.16 bits per heavy atom. The van der Waals surface area contributed by atoms with E-state index in [1.54, 1.807) is 61.8 Å². The molecule has 43 heavy (non-hydrogen) atoms. The number of carbonyl (C=O) groups is 5. The largest absolute Gasteiger partial charge is 0.482 e. The normalized spacial score (nSPS) is 17.4. The van der Waals surface area contributed by atoms with Crippen molar-refractivity contribution in [1.29, 1.82) is 0 Å². The van der Waals surface area contributed by atoms with Crippen LogP contribution in [0.2, 0.25) is 0 Å². The van der Waals surface area contributed by atoms with E-state index in [0.29, 0.717) is 50.3 Å². The predicted molar refractivity (Wildman–Crippen MR) is 156 cm³/mol. The maximum Gasteiger partial charge on any atom is 0.412 e. The van der Waals surface area contributed by atoms with Crippen molar-refractivity contribution in [1.82, 2.24) is 14.7 Å². The molecule has 0 aromatic heterocycles. The van der Waals surface area contributed by atoms with Crippen LogP contribution >= 0.6 is 0 Å². The highest BCUT2D eigenvalue weighted by atomic mass is 16.7. The van der Waals surface area contributed by atoms with Crippen LogP contribution in [0.4, 0.5) is 4.79 Å². The molecule has 2 saturated heterocycles. The monoisotopic (exact) mass is 603 g/mol. The Labute approximate surface area is 253 Å². The molecule has 0 N–H and O–H groups in total. The number of Topliss-reactive ketones (excluding diaryl/α,β-unsaturated/α-hetero) is 1. The van der Waals surface area contributed by atoms with E-state index in [-0.39, 0.29) is 50.0 Å². The molecular weight excluding hydrogens is 558 g/mol. The third kappa shape index (κ3) is 9.94. The van der Waals surface area contributed by atoms with Crippen LogP contribution in [0, 0.1) is 11.3 Å². The number of ketones is 1. The van der Waals surface area contributed by atoms with E-state index in [1.165, 1.54) is 0 Å². The molecule has 1 aromatic carbocycles. The van der Waals surface area contributed by atoms with Gasteiger partial charge in [0.05, 0.1) is 25.1 Å². The van der Waals surface area contributed by atoms with Gasteiger partial charge in [-0.1, -0.05) is 13.8 Å². The quantitative estimate of drug-likeness (QED) is 0.211. The van der Waals surface area contributed by atoms with Crippen LogP contribution in [0.15, 0.2) is 24.3 Å². The van der Waals surface area contributed by atoms with Gasteiger partial charge in [0.1, 0.15) is 5.75 Å². The number of benzene rings is 1. The van der Waals surface area contributed by atoms with Gasteiger partial charge in [0, 0.05) is 43.7 Å². The molecule has 2 aliphatic rings. The molecule has 0 saturated carbocycles. The molecule has 1 aromatic rings. The average molecular weight is 604 g/mol. The fraction of sp³-hybridized carbons (Fsp3) is 0.645. The van der Waals surface area contributed by atoms with Crippen LogP contribution in [0.1, 0.15) is 64.7 Å². The number of likely N-dealkylation sites (tertiary alicyclic amines) is 1. The minimum absolute atomic E-state index is 0.0171. The van der Waals surface area contributed by atoms with Crippen molar-refractivity contribution >= 4 is 29.7 Å². The Morgan fingerprint density at radius 1 is 0.953 bits per heavy atom. The van der Waals surface area contributed by atoms with Crippen LogP contribution < -0.4 is 4.74 Å². The summed E-state index contributed by atoms with van der Waals surface area (Å²) in [6.45, 7) is 12.9. The second kappa shape index (κ2) is 15.2. The molecule has 2 amide bonds. The van der Waals surface area contributed by atoms with Gasteiger partial charge < -0.3 is 28.7 Å². The number of hydrogen-bond acceptors (Lipinski definition) is 10. The summed E-state index contributed by atoms with van der Waals surface area (Å²) in [6.07, 6.45) is -0.121. The van der Waals surface area contributed by atoms with Gasteiger partial charge in [-0.15, -0.1) is 0 Å². The highest BCUT2D eigenvalue weighted by Crippen LogP contribution is 2.23. The summed E-state index contributed by atoms with van der Waals surface area (Å²) in [4.78, 5) is 67.6. The summed E-state index contributed by atoms with van der Waals surface area (Å²) in [5, 5.41) is 0. The van der Waals surface area contributed by atoms with E-state index in [0.717, 1.165) is 0 Å². The number of piperidine rings is 1. The van der Waals surface area contributed by atoms with Crippen LogP contribution in [0.5, 0.6) is 5.75 Å². The standard InChI is InChI=1S/C31H45N3O9/c1-7-40-27(37)20-41-24-10-8-22(9-11-24)25(35)18-34-17-16-33(19-26(34)36)23-12-14-32(15-13-23)30(39)43-28(21(2)3)42-29(38)31(4,5)6/h8-11,21,23,28H,7,12-20H2,1-6H3. The number of carbonyl (C=O) groups excluding carboxylic acids is 5. The van der Waals surface area contributed by atoms with Crippen molar-refractivity contribution in [3.8, 4) is 5.75 Å². The zero-order valence-electron chi connectivity index (χ0n) is 26.1. The van der Waals surface area contributed by atoms with Gasteiger partial charge in [-0.3, -0.25) is 19.3 Å². The molecule has 1 atom stereocenters. The number of amides is 2. The van der Waals surface area contributed by atoms with Gasteiger partial charge in [-0.05, 0) is 64.8 Å². The van der Waals surface area contributed by atoms with Crippen LogP contribution in [-0.4, -0.2) is 109 Å². The topological polar surface area (TPSA) is 132 Å². The fourth-order valence-electron chi connectivity index (χ4n) is 4.72. The molecule has 2 fully saturated rings. The SMILES string of the molecule is CCOC(=O)COc1ccc(C(=O)CN2CCN(C3CCN(C(=O)OC(OC(=O)C(C)(C)C)C(C)C)CC3)CC2=O)cc1. The van der Waals surface area contributed by atoms with E-state index in [9.17, 15) is 24.0 Å². The smallest absolute Gasteiger partial charge is 0.412 e. The molecule has 238 valence electrons. The van der Waals surface area contributed by atoms with Gasteiger partial charge in [0.15, 0.2) is 12.4 Å². The first-order chi connectivity index (χ1) is 20.3. The first-order valence-electron chi connectivity index (χ1n) is 14.9. The zero-order valence-corrected chi connectivity index (χ0v) is 26.1. The van der Waals surface area contributed by atoms with Crippen molar-refractivity contribution in [3.05, 3.63) is 29.8 Å². The summed E-state index contributed by atoms with van der Waals surface area (Å²) < 4.78 is 21.2. The Morgan fingerprint density at radius 2 is 1.60 bits per heavy atom. The van der Waals surface area contributed by atoms with Gasteiger partial charge in [0.2, 0.25) is 5.91 Å². The van der Waals surface area contributed by atoms with E-state index in [2.05, 4.69) is 4.90 Å². The maximum absolute atomic E-state index is 12.9. The summed E-state index contributed by atoms with van der Waals surface area (Å²) in [5.41, 5.74) is -0.257. The highest BCUT2D eigenvalue weighted by Gasteiger charge is 2.35. The number of rotatable bonds is 11. The molecule has 2 heterocycles. The van der Waals surface area contributed by atoms with Crippen molar-refractivity contribution in [2.75, 3.05) is 52.5 Å². The Hall–Kier alpha value is -3.67. The average Bonchev–Trinajstić information content (AvgIpc) is 2.96. The van der Waals surface area contributed by atoms with Crippen molar-refractivity contribution in [2.45, 2.75) is 66.7 Å². The summed E-state index contributed by atoms with van der Waals surface area (Å²) in [5.74, 6) is -0.951. The first kappa shape index (κ1) is 33.8. The molecule has 0 aliphatic carbocycles. The van der Waals surface area contributed by atoms with E-state index >= 15 is 0 Å². The van der Waals surface area contributed by atoms with Crippen molar-refractivity contribution < 1.29 is 42.9 Å². The van der Waals surface area contributed by atoms with Crippen LogP contribution in [-0.2, 0) is 28.6 Å². The molecule has 1 unspecified atom stereocenters. The highest BCUT2D eigenvalue weighted by molar-refractivity contribution is 5.99. The van der Waals surface area contributed by atoms with Crippen LogP contribution in [0.3, 0.4) is 0 Å². The molecule has 3 rings (SSSR count). The molecule has 2 aliphatic heterocycles. The van der Waals surface area contributed by atoms with Gasteiger partial charge in [0.25, 0.3) is 6.29 Å². The predicted octanol–water partition coefficient (Wildman–Crippen LogP) is 3.13. The van der Waals surface area contributed by atoms with E-state index < -0.39 is 29.7 Å². The van der Waals surface area contributed by atoms with E-state index in [4.69, 9.17) is 18.9 Å². The second-order valence-corrected chi connectivity index (χ2v) is 12.2. The number of piperazine rings is 1. The summed E-state index contributed by atoms with van der Waals surface area (Å²) in [6, 6.07) is 6.57. The molecular formula is C31H45N3O9. The maximum atomic E-state index is 12.9. The Kier molecular flexibility index (Phi) is 11.9. The molecule has 12 heteroatoms. The molecule has 0 spiro atoms. The lowest BCUT2D eigenvalue weighted by Crippen LogP contribution is -2.56. The number of ether oxygens (including phenoxy) is 4. The molecule has 0 bridgehead atoms. The fourth-order valence-corrected chi connectivity index (χ4v) is 4.72. The van der Waals surface area contributed by atoms with Crippen molar-refractivity contribution in [2.24, 2.45) is 11.3 Å². The number of nitrogens with zero attached hydrogens (tertiary/aromatic N) is 3.